The van der Waals surface area contributed by atoms with Crippen molar-refractivity contribution in [1.29, 1.82) is 0 Å². The minimum Gasteiger partial charge on any atom is -0.455 e. The van der Waals surface area contributed by atoms with Gasteiger partial charge in [0.15, 0.2) is 0 Å². The van der Waals surface area contributed by atoms with Gasteiger partial charge in [-0.2, -0.15) is 0 Å². The summed E-state index contributed by atoms with van der Waals surface area (Å²) in [6.45, 7) is 6.23. The van der Waals surface area contributed by atoms with Crippen LogP contribution in [0.4, 0.5) is 0 Å². The minimum absolute atomic E-state index is 0.169. The van der Waals surface area contributed by atoms with E-state index in [4.69, 9.17) is 9.47 Å². The number of ether oxygens (including phenoxy) is 2. The van der Waals surface area contributed by atoms with Gasteiger partial charge in [0.1, 0.15) is 12.3 Å². The molecule has 0 amide bonds. The molecule has 4 heteroatoms. The van der Waals surface area contributed by atoms with Gasteiger partial charge in [0.25, 0.3) is 0 Å². The fourth-order valence-corrected chi connectivity index (χ4v) is 4.63. The molecule has 1 unspecified atom stereocenters. The van der Waals surface area contributed by atoms with Crippen LogP contribution in [0.15, 0.2) is 54.6 Å². The van der Waals surface area contributed by atoms with Crippen molar-refractivity contribution in [2.75, 3.05) is 20.6 Å². The normalized spacial score (nSPS) is 12.3. The molecular weight excluding hydrogens is 446 g/mol. The standard InChI is InChI=1S/C32H50NO3/c1-5-7-8-9-10-11-15-22-29-23-16-17-24-30(29)35-32(19-6-2)36-31(34)25-18-26-33(3,4)27-28-20-13-12-14-21-28/h12-14,16-17,20-21,23-24,32H,5-11,15,18-19,22,25-27H2,1-4H3/q+1. The van der Waals surface area contributed by atoms with E-state index in [-0.39, 0.29) is 5.97 Å². The number of unbranched alkanes of at least 4 members (excludes halogenated alkanes) is 6. The third-order valence-electron chi connectivity index (χ3n) is 6.67. The van der Waals surface area contributed by atoms with E-state index in [2.05, 4.69) is 64.3 Å². The molecule has 0 heterocycles. The number of hydrogen-bond acceptors (Lipinski definition) is 3. The highest BCUT2D eigenvalue weighted by atomic mass is 16.7. The lowest BCUT2D eigenvalue weighted by molar-refractivity contribution is -0.903. The van der Waals surface area contributed by atoms with Crippen LogP contribution in [0.3, 0.4) is 0 Å². The van der Waals surface area contributed by atoms with E-state index in [0.717, 1.165) is 42.6 Å². The van der Waals surface area contributed by atoms with Crippen molar-refractivity contribution in [3.63, 3.8) is 0 Å². The molecule has 0 saturated carbocycles. The second-order valence-electron chi connectivity index (χ2n) is 10.7. The predicted molar refractivity (Wildman–Crippen MR) is 150 cm³/mol. The summed E-state index contributed by atoms with van der Waals surface area (Å²) in [5, 5.41) is 0. The fraction of sp³-hybridized carbons (Fsp3) is 0.594. The van der Waals surface area contributed by atoms with Gasteiger partial charge in [-0.15, -0.1) is 0 Å². The number of carbonyl (C=O) groups is 1. The van der Waals surface area contributed by atoms with E-state index in [9.17, 15) is 4.79 Å². The van der Waals surface area contributed by atoms with Gasteiger partial charge in [0.2, 0.25) is 6.29 Å². The summed E-state index contributed by atoms with van der Waals surface area (Å²) in [4.78, 5) is 12.7. The molecular formula is C32H50NO3+. The molecule has 0 saturated heterocycles. The molecule has 0 fully saturated rings. The van der Waals surface area contributed by atoms with Gasteiger partial charge in [-0.25, -0.2) is 0 Å². The van der Waals surface area contributed by atoms with Crippen molar-refractivity contribution < 1.29 is 18.8 Å². The molecule has 200 valence electrons. The molecule has 2 aromatic carbocycles. The van der Waals surface area contributed by atoms with Crippen molar-refractivity contribution in [2.24, 2.45) is 0 Å². The Bertz CT molecular complexity index is 849. The van der Waals surface area contributed by atoms with E-state index in [1.807, 2.05) is 18.2 Å². The first kappa shape index (κ1) is 29.9. The Morgan fingerprint density at radius 1 is 0.806 bits per heavy atom. The number of hydrogen-bond donors (Lipinski definition) is 0. The van der Waals surface area contributed by atoms with Crippen LogP contribution in [0, 0.1) is 0 Å². The maximum atomic E-state index is 12.7. The summed E-state index contributed by atoms with van der Waals surface area (Å²) in [5.74, 6) is 0.688. The molecule has 0 aliphatic heterocycles. The van der Waals surface area contributed by atoms with Crippen molar-refractivity contribution >= 4 is 5.97 Å². The molecule has 0 aliphatic carbocycles. The van der Waals surface area contributed by atoms with Crippen molar-refractivity contribution in [1.82, 2.24) is 0 Å². The number of para-hydroxylation sites is 1. The van der Waals surface area contributed by atoms with Crippen LogP contribution in [0.2, 0.25) is 0 Å². The number of benzene rings is 2. The predicted octanol–water partition coefficient (Wildman–Crippen LogP) is 8.08. The van der Waals surface area contributed by atoms with Crippen LogP contribution in [-0.2, 0) is 22.5 Å². The zero-order chi connectivity index (χ0) is 26.1. The first-order valence-corrected chi connectivity index (χ1v) is 14.2. The number of carbonyl (C=O) groups excluding carboxylic acids is 1. The molecule has 0 aliphatic rings. The van der Waals surface area contributed by atoms with E-state index in [1.165, 1.54) is 56.1 Å². The number of aryl methyl sites for hydroxylation is 1. The average Bonchev–Trinajstić information content (AvgIpc) is 2.85. The van der Waals surface area contributed by atoms with Gasteiger partial charge in [0, 0.05) is 18.4 Å². The third kappa shape index (κ3) is 12.6. The van der Waals surface area contributed by atoms with Gasteiger partial charge in [-0.3, -0.25) is 4.79 Å². The SMILES string of the molecule is CCCCCCCCCc1ccccc1OC(CCC)OC(=O)CCC[N+](C)(C)Cc1ccccc1. The van der Waals surface area contributed by atoms with E-state index in [0.29, 0.717) is 12.8 Å². The van der Waals surface area contributed by atoms with Crippen molar-refractivity contribution in [3.8, 4) is 5.75 Å². The Morgan fingerprint density at radius 2 is 1.47 bits per heavy atom. The summed E-state index contributed by atoms with van der Waals surface area (Å²) in [6, 6.07) is 18.7. The molecule has 0 radical (unpaired) electrons. The van der Waals surface area contributed by atoms with Crippen LogP contribution in [0.1, 0.15) is 95.6 Å². The van der Waals surface area contributed by atoms with E-state index < -0.39 is 6.29 Å². The maximum Gasteiger partial charge on any atom is 0.309 e. The summed E-state index contributed by atoms with van der Waals surface area (Å²) in [6.07, 6.45) is 12.4. The van der Waals surface area contributed by atoms with Gasteiger partial charge in [0.05, 0.1) is 27.1 Å². The third-order valence-corrected chi connectivity index (χ3v) is 6.67. The highest BCUT2D eigenvalue weighted by Crippen LogP contribution is 2.24. The monoisotopic (exact) mass is 496 g/mol. The minimum atomic E-state index is -0.524. The van der Waals surface area contributed by atoms with Crippen molar-refractivity contribution in [2.45, 2.75) is 104 Å². The fourth-order valence-electron chi connectivity index (χ4n) is 4.63. The van der Waals surface area contributed by atoms with Crippen LogP contribution in [0.5, 0.6) is 5.75 Å². The lowest BCUT2D eigenvalue weighted by atomic mass is 10.0. The van der Waals surface area contributed by atoms with Gasteiger partial charge < -0.3 is 14.0 Å². The second kappa shape index (κ2) is 17.2. The molecule has 0 spiro atoms. The van der Waals surface area contributed by atoms with Crippen LogP contribution in [-0.4, -0.2) is 37.4 Å². The number of nitrogens with zero attached hydrogens (tertiary/aromatic N) is 1. The zero-order valence-electron chi connectivity index (χ0n) is 23.3. The second-order valence-corrected chi connectivity index (χ2v) is 10.7. The topological polar surface area (TPSA) is 35.5 Å². The Labute approximate surface area is 220 Å². The highest BCUT2D eigenvalue weighted by Gasteiger charge is 2.20. The highest BCUT2D eigenvalue weighted by molar-refractivity contribution is 5.69. The van der Waals surface area contributed by atoms with Gasteiger partial charge in [-0.1, -0.05) is 101 Å². The lowest BCUT2D eigenvalue weighted by Crippen LogP contribution is -2.39. The molecule has 4 nitrogen and oxygen atoms in total. The first-order chi connectivity index (χ1) is 17.4. The van der Waals surface area contributed by atoms with E-state index >= 15 is 0 Å². The Kier molecular flexibility index (Phi) is 14.3. The maximum absolute atomic E-state index is 12.7. The smallest absolute Gasteiger partial charge is 0.309 e. The quantitative estimate of drug-likeness (QED) is 0.0853. The molecule has 0 N–H and O–H groups in total. The van der Waals surface area contributed by atoms with Crippen LogP contribution in [0.25, 0.3) is 0 Å². The largest absolute Gasteiger partial charge is 0.455 e. The number of quaternary nitrogens is 1. The Balaban J connectivity index is 1.79. The molecule has 1 atom stereocenters. The zero-order valence-corrected chi connectivity index (χ0v) is 23.3. The molecule has 2 rings (SSSR count). The summed E-state index contributed by atoms with van der Waals surface area (Å²) >= 11 is 0. The molecule has 2 aromatic rings. The van der Waals surface area contributed by atoms with Gasteiger partial charge in [-0.05, 0) is 30.9 Å². The Hall–Kier alpha value is -2.33. The van der Waals surface area contributed by atoms with Crippen molar-refractivity contribution in [3.05, 3.63) is 65.7 Å². The lowest BCUT2D eigenvalue weighted by Gasteiger charge is -2.30. The summed E-state index contributed by atoms with van der Waals surface area (Å²) < 4.78 is 12.9. The number of esters is 1. The summed E-state index contributed by atoms with van der Waals surface area (Å²) in [5.41, 5.74) is 2.53. The molecule has 0 bridgehead atoms. The molecule has 36 heavy (non-hydrogen) atoms. The average molecular weight is 497 g/mol. The van der Waals surface area contributed by atoms with Crippen LogP contribution < -0.4 is 4.74 Å². The molecule has 0 aromatic heterocycles. The van der Waals surface area contributed by atoms with Crippen LogP contribution >= 0.6 is 0 Å². The Morgan fingerprint density at radius 3 is 2.19 bits per heavy atom. The first-order valence-electron chi connectivity index (χ1n) is 14.2. The number of rotatable bonds is 19. The van der Waals surface area contributed by atoms with E-state index in [1.54, 1.807) is 0 Å². The summed E-state index contributed by atoms with van der Waals surface area (Å²) in [7, 11) is 4.42. The van der Waals surface area contributed by atoms with Gasteiger partial charge >= 0.3 is 5.97 Å².